The molecule has 0 amide bonds. The second-order valence-corrected chi connectivity index (χ2v) is 5.71. The average molecular weight is 427 g/mol. The average Bonchev–Trinajstić information content (AvgIpc) is 2.17. The van der Waals surface area contributed by atoms with Gasteiger partial charge in [-0.05, 0) is 63.7 Å². The quantitative estimate of drug-likeness (QED) is 0.676. The van der Waals surface area contributed by atoms with Crippen LogP contribution in [0.5, 0.6) is 0 Å². The van der Waals surface area contributed by atoms with Gasteiger partial charge < -0.3 is 11.1 Å². The van der Waals surface area contributed by atoms with Crippen LogP contribution in [0.2, 0.25) is 0 Å². The zero-order valence-corrected chi connectivity index (χ0v) is 12.3. The van der Waals surface area contributed by atoms with Crippen molar-refractivity contribution in [3.8, 4) is 0 Å². The Bertz CT molecular complexity index is 383. The molecule has 1 atom stereocenters. The number of guanidine groups is 1. The number of rotatable bonds is 1. The van der Waals surface area contributed by atoms with E-state index >= 15 is 0 Å². The smallest absolute Gasteiger partial charge is 0.189 e. The van der Waals surface area contributed by atoms with Gasteiger partial charge in [0.05, 0.1) is 6.04 Å². The molecule has 0 radical (unpaired) electrons. The van der Waals surface area contributed by atoms with Gasteiger partial charge in [-0.15, -0.1) is 0 Å². The topological polar surface area (TPSA) is 50.4 Å². The minimum absolute atomic E-state index is 0.214. The summed E-state index contributed by atoms with van der Waals surface area (Å²) in [6.45, 7) is 0.904. The molecule has 1 aromatic carbocycles. The first-order chi connectivity index (χ1) is 7.18. The highest BCUT2D eigenvalue weighted by atomic mass is 127. The summed E-state index contributed by atoms with van der Waals surface area (Å²) in [5.41, 5.74) is 7.01. The van der Waals surface area contributed by atoms with E-state index in [4.69, 9.17) is 5.73 Å². The molecule has 3 nitrogen and oxygen atoms in total. The summed E-state index contributed by atoms with van der Waals surface area (Å²) in [4.78, 5) is 4.45. The summed E-state index contributed by atoms with van der Waals surface area (Å²) < 4.78 is 2.53. The molecule has 1 unspecified atom stereocenters. The Labute approximate surface area is 116 Å². The van der Waals surface area contributed by atoms with Crippen LogP contribution in [0.3, 0.4) is 0 Å². The molecule has 0 spiro atoms. The summed E-state index contributed by atoms with van der Waals surface area (Å²) in [5, 5.41) is 3.04. The van der Waals surface area contributed by atoms with Crippen LogP contribution in [0.4, 0.5) is 0 Å². The lowest BCUT2D eigenvalue weighted by molar-refractivity contribution is 0.596. The molecule has 1 aromatic rings. The second kappa shape index (κ2) is 4.86. The van der Waals surface area contributed by atoms with Crippen LogP contribution in [-0.4, -0.2) is 12.5 Å². The summed E-state index contributed by atoms with van der Waals surface area (Å²) in [6, 6.07) is 6.52. The molecule has 0 aromatic heterocycles. The zero-order chi connectivity index (χ0) is 10.8. The van der Waals surface area contributed by atoms with Gasteiger partial charge in [0.1, 0.15) is 0 Å². The highest BCUT2D eigenvalue weighted by Crippen LogP contribution is 2.30. The maximum absolute atomic E-state index is 5.70. The number of nitrogens with zero attached hydrogens (tertiary/aromatic N) is 1. The van der Waals surface area contributed by atoms with Crippen molar-refractivity contribution in [2.45, 2.75) is 12.5 Å². The number of nitrogens with two attached hydrogens (primary N) is 1. The van der Waals surface area contributed by atoms with Crippen molar-refractivity contribution in [2.24, 2.45) is 10.7 Å². The lowest BCUT2D eigenvalue weighted by Crippen LogP contribution is -2.37. The zero-order valence-electron chi connectivity index (χ0n) is 8.00. The highest BCUT2D eigenvalue weighted by molar-refractivity contribution is 14.1. The van der Waals surface area contributed by atoms with Crippen molar-refractivity contribution >= 4 is 51.1 Å². The lowest BCUT2D eigenvalue weighted by Gasteiger charge is -2.22. The summed E-state index contributed by atoms with van der Waals surface area (Å²) in [5.74, 6) is 0.557. The molecule has 0 aliphatic carbocycles. The standard InChI is InChI=1S/C10H11I2N3/c11-6-2-1-3-7(12)9(6)8-4-5-14-10(13)15-8/h1-3,8H,4-5H2,(H3,13,14,15). The van der Waals surface area contributed by atoms with Crippen molar-refractivity contribution in [2.75, 3.05) is 6.54 Å². The molecule has 0 saturated carbocycles. The molecule has 1 aliphatic heterocycles. The van der Waals surface area contributed by atoms with Crippen molar-refractivity contribution in [3.05, 3.63) is 30.9 Å². The van der Waals surface area contributed by atoms with E-state index in [0.29, 0.717) is 5.96 Å². The first-order valence-corrected chi connectivity index (χ1v) is 6.85. The van der Waals surface area contributed by atoms with Gasteiger partial charge in [-0.1, -0.05) is 6.07 Å². The van der Waals surface area contributed by atoms with Gasteiger partial charge in [-0.2, -0.15) is 0 Å². The van der Waals surface area contributed by atoms with Gasteiger partial charge in [-0.3, -0.25) is 0 Å². The van der Waals surface area contributed by atoms with Crippen LogP contribution in [0.25, 0.3) is 0 Å². The van der Waals surface area contributed by atoms with Crippen LogP contribution < -0.4 is 11.1 Å². The molecular formula is C10H11I2N3. The van der Waals surface area contributed by atoms with E-state index in [2.05, 4.69) is 73.7 Å². The maximum atomic E-state index is 5.70. The SMILES string of the molecule is NC1=NC(c2c(I)cccc2I)CCN1. The fourth-order valence-corrected chi connectivity index (χ4v) is 3.88. The minimum atomic E-state index is 0.214. The highest BCUT2D eigenvalue weighted by Gasteiger charge is 2.19. The molecule has 0 bridgehead atoms. The van der Waals surface area contributed by atoms with Crippen molar-refractivity contribution < 1.29 is 0 Å². The molecule has 5 heteroatoms. The third kappa shape index (κ3) is 2.55. The monoisotopic (exact) mass is 427 g/mol. The Hall–Kier alpha value is -0.0500. The van der Waals surface area contributed by atoms with Gasteiger partial charge in [-0.25, -0.2) is 4.99 Å². The fourth-order valence-electron chi connectivity index (χ4n) is 1.65. The van der Waals surface area contributed by atoms with Gasteiger partial charge >= 0.3 is 0 Å². The van der Waals surface area contributed by atoms with Gasteiger partial charge in [0.2, 0.25) is 0 Å². The van der Waals surface area contributed by atoms with E-state index in [0.717, 1.165) is 13.0 Å². The van der Waals surface area contributed by atoms with Crippen LogP contribution in [0, 0.1) is 7.14 Å². The lowest BCUT2D eigenvalue weighted by atomic mass is 10.0. The van der Waals surface area contributed by atoms with Crippen LogP contribution >= 0.6 is 45.2 Å². The van der Waals surface area contributed by atoms with Crippen LogP contribution in [-0.2, 0) is 0 Å². The van der Waals surface area contributed by atoms with Crippen LogP contribution in [0.1, 0.15) is 18.0 Å². The van der Waals surface area contributed by atoms with Gasteiger partial charge in [0, 0.05) is 19.2 Å². The van der Waals surface area contributed by atoms with E-state index in [9.17, 15) is 0 Å². The Kier molecular flexibility index (Phi) is 3.70. The molecule has 1 heterocycles. The van der Waals surface area contributed by atoms with E-state index in [1.54, 1.807) is 0 Å². The predicted molar refractivity (Wildman–Crippen MR) is 78.9 cm³/mol. The third-order valence-electron chi connectivity index (χ3n) is 2.35. The normalized spacial score (nSPS) is 20.7. The first-order valence-electron chi connectivity index (χ1n) is 4.69. The van der Waals surface area contributed by atoms with E-state index in [1.165, 1.54) is 12.7 Å². The molecule has 80 valence electrons. The minimum Gasteiger partial charge on any atom is -0.370 e. The first kappa shape index (κ1) is 11.4. The predicted octanol–water partition coefficient (Wildman–Crippen LogP) is 2.24. The van der Waals surface area contributed by atoms with Crippen LogP contribution in [0.15, 0.2) is 23.2 Å². The van der Waals surface area contributed by atoms with Crippen molar-refractivity contribution in [1.82, 2.24) is 5.32 Å². The molecule has 15 heavy (non-hydrogen) atoms. The van der Waals surface area contributed by atoms with E-state index < -0.39 is 0 Å². The molecule has 2 rings (SSSR count). The molecule has 0 fully saturated rings. The largest absolute Gasteiger partial charge is 0.370 e. The summed E-state index contributed by atoms with van der Waals surface area (Å²) >= 11 is 4.72. The Morgan fingerprint density at radius 1 is 1.33 bits per heavy atom. The molecule has 0 saturated heterocycles. The maximum Gasteiger partial charge on any atom is 0.189 e. The Morgan fingerprint density at radius 2 is 2.00 bits per heavy atom. The van der Waals surface area contributed by atoms with Crippen molar-refractivity contribution in [3.63, 3.8) is 0 Å². The molecule has 1 aliphatic rings. The number of hydrogen-bond donors (Lipinski definition) is 2. The van der Waals surface area contributed by atoms with E-state index in [1.807, 2.05) is 0 Å². The number of aliphatic imine (C=N–C) groups is 1. The third-order valence-corrected chi connectivity index (χ3v) is 4.23. The number of halogens is 2. The van der Waals surface area contributed by atoms with Gasteiger partial charge in [0.25, 0.3) is 0 Å². The van der Waals surface area contributed by atoms with Gasteiger partial charge in [0.15, 0.2) is 5.96 Å². The molecular weight excluding hydrogens is 416 g/mol. The van der Waals surface area contributed by atoms with E-state index in [-0.39, 0.29) is 6.04 Å². The molecule has 3 N–H and O–H groups in total. The fraction of sp³-hybridized carbons (Fsp3) is 0.300. The Balaban J connectivity index is 2.41. The summed E-state index contributed by atoms with van der Waals surface area (Å²) in [6.07, 6.45) is 1.01. The Morgan fingerprint density at radius 3 is 2.60 bits per heavy atom. The number of nitrogens with one attached hydrogen (secondary N) is 1. The number of hydrogen-bond acceptors (Lipinski definition) is 3. The summed E-state index contributed by atoms with van der Waals surface area (Å²) in [7, 11) is 0. The second-order valence-electron chi connectivity index (χ2n) is 3.38. The van der Waals surface area contributed by atoms with Crippen molar-refractivity contribution in [1.29, 1.82) is 0 Å². The number of benzene rings is 1.